The number of nitrogens with zero attached hydrogens (tertiary/aromatic N) is 1. The number of hydrogen-bond donors (Lipinski definition) is 1. The maximum Gasteiger partial charge on any atom is 0.328 e. The first-order chi connectivity index (χ1) is 7.58. The van der Waals surface area contributed by atoms with E-state index >= 15 is 0 Å². The molecule has 0 fully saturated rings. The van der Waals surface area contributed by atoms with E-state index in [4.69, 9.17) is 5.11 Å². The highest BCUT2D eigenvalue weighted by molar-refractivity contribution is 5.88. The minimum absolute atomic E-state index is 0.903. The molecule has 0 aliphatic heterocycles. The van der Waals surface area contributed by atoms with Crippen LogP contribution in [-0.4, -0.2) is 15.6 Å². The van der Waals surface area contributed by atoms with Gasteiger partial charge in [-0.25, -0.2) is 4.79 Å². The van der Waals surface area contributed by atoms with Crippen LogP contribution in [0.25, 0.3) is 17.0 Å². The zero-order valence-corrected chi connectivity index (χ0v) is 9.27. The number of hydrogen-bond acceptors (Lipinski definition) is 1. The third kappa shape index (κ3) is 1.84. The third-order valence-corrected chi connectivity index (χ3v) is 2.72. The van der Waals surface area contributed by atoms with Crippen LogP contribution in [0.5, 0.6) is 0 Å². The molecule has 2 rings (SSSR count). The average Bonchev–Trinajstić information content (AvgIpc) is 2.52. The molecule has 0 spiro atoms. The summed E-state index contributed by atoms with van der Waals surface area (Å²) in [6.45, 7) is 2.05. The fourth-order valence-corrected chi connectivity index (χ4v) is 1.78. The molecule has 0 atom stereocenters. The van der Waals surface area contributed by atoms with Gasteiger partial charge in [-0.3, -0.25) is 0 Å². The second-order valence-electron chi connectivity index (χ2n) is 3.83. The Morgan fingerprint density at radius 1 is 1.38 bits per heavy atom. The van der Waals surface area contributed by atoms with Crippen molar-refractivity contribution < 1.29 is 9.90 Å². The Morgan fingerprint density at radius 3 is 2.81 bits per heavy atom. The first-order valence-electron chi connectivity index (χ1n) is 5.05. The van der Waals surface area contributed by atoms with Crippen molar-refractivity contribution in [3.05, 3.63) is 41.6 Å². The molecule has 1 aromatic heterocycles. The van der Waals surface area contributed by atoms with Gasteiger partial charge in [0.1, 0.15) is 0 Å². The number of fused-ring (bicyclic) bond motifs is 1. The van der Waals surface area contributed by atoms with Gasteiger partial charge >= 0.3 is 5.97 Å². The van der Waals surface area contributed by atoms with Crippen LogP contribution in [0, 0.1) is 6.92 Å². The molecule has 0 saturated carbocycles. The number of aliphatic carboxylic acids is 1. The summed E-state index contributed by atoms with van der Waals surface area (Å²) in [5.41, 5.74) is 3.25. The molecule has 2 aromatic rings. The molecule has 0 unspecified atom stereocenters. The Balaban J connectivity index is 2.48. The monoisotopic (exact) mass is 215 g/mol. The Morgan fingerprint density at radius 2 is 2.12 bits per heavy atom. The lowest BCUT2D eigenvalue weighted by Crippen LogP contribution is -1.89. The number of carboxylic acid groups (broad SMARTS) is 1. The molecule has 0 aliphatic carbocycles. The number of carboxylic acids is 1. The van der Waals surface area contributed by atoms with Crippen molar-refractivity contribution in [1.29, 1.82) is 0 Å². The number of aromatic nitrogens is 1. The molecule has 3 heteroatoms. The number of benzene rings is 1. The number of rotatable bonds is 2. The predicted octanol–water partition coefficient (Wildman–Crippen LogP) is 2.58. The van der Waals surface area contributed by atoms with Crippen LogP contribution in [0.3, 0.4) is 0 Å². The van der Waals surface area contributed by atoms with Crippen LogP contribution >= 0.6 is 0 Å². The number of aryl methyl sites for hydroxylation is 2. The largest absolute Gasteiger partial charge is 0.478 e. The Hall–Kier alpha value is -2.03. The van der Waals surface area contributed by atoms with E-state index < -0.39 is 5.97 Å². The zero-order valence-electron chi connectivity index (χ0n) is 9.27. The topological polar surface area (TPSA) is 42.2 Å². The highest BCUT2D eigenvalue weighted by atomic mass is 16.4. The van der Waals surface area contributed by atoms with Crippen LogP contribution in [0.4, 0.5) is 0 Å². The van der Waals surface area contributed by atoms with Gasteiger partial charge in [-0.2, -0.15) is 0 Å². The quantitative estimate of drug-likeness (QED) is 0.782. The lowest BCUT2D eigenvalue weighted by molar-refractivity contribution is -0.131. The van der Waals surface area contributed by atoms with Gasteiger partial charge < -0.3 is 9.67 Å². The van der Waals surface area contributed by atoms with Crippen LogP contribution in [0.15, 0.2) is 30.3 Å². The van der Waals surface area contributed by atoms with Crippen molar-refractivity contribution in [2.75, 3.05) is 0 Å². The van der Waals surface area contributed by atoms with E-state index in [-0.39, 0.29) is 0 Å². The summed E-state index contributed by atoms with van der Waals surface area (Å²) in [6, 6.07) is 8.00. The molecule has 0 aliphatic rings. The standard InChI is InChI=1S/C13H13NO2/c1-9-7-11-8-10(4-6-13(15)16)3-5-12(11)14(9)2/h3-8H,1-2H3,(H,15,16)/b6-4+. The highest BCUT2D eigenvalue weighted by Crippen LogP contribution is 2.20. The molecule has 82 valence electrons. The van der Waals surface area contributed by atoms with Crippen molar-refractivity contribution in [2.45, 2.75) is 6.92 Å². The normalized spacial score (nSPS) is 11.4. The van der Waals surface area contributed by atoms with E-state index in [1.54, 1.807) is 6.08 Å². The molecule has 0 radical (unpaired) electrons. The zero-order chi connectivity index (χ0) is 11.7. The molecule has 0 bridgehead atoms. The average molecular weight is 215 g/mol. The summed E-state index contributed by atoms with van der Waals surface area (Å²) in [4.78, 5) is 10.4. The van der Waals surface area contributed by atoms with Crippen LogP contribution in [-0.2, 0) is 11.8 Å². The van der Waals surface area contributed by atoms with Gasteiger partial charge in [0.25, 0.3) is 0 Å². The minimum atomic E-state index is -0.927. The molecule has 0 saturated heterocycles. The third-order valence-electron chi connectivity index (χ3n) is 2.72. The summed E-state index contributed by atoms with van der Waals surface area (Å²) in [5, 5.41) is 9.68. The second-order valence-corrected chi connectivity index (χ2v) is 3.83. The van der Waals surface area contributed by atoms with E-state index in [1.807, 2.05) is 32.2 Å². The van der Waals surface area contributed by atoms with Crippen molar-refractivity contribution >= 4 is 22.9 Å². The summed E-state index contributed by atoms with van der Waals surface area (Å²) < 4.78 is 2.11. The lowest BCUT2D eigenvalue weighted by Gasteiger charge is -1.99. The molecule has 1 aromatic carbocycles. The number of carbonyl (C=O) groups is 1. The molecule has 16 heavy (non-hydrogen) atoms. The van der Waals surface area contributed by atoms with Gasteiger partial charge in [0.05, 0.1) is 0 Å². The van der Waals surface area contributed by atoms with Crippen molar-refractivity contribution in [3.63, 3.8) is 0 Å². The van der Waals surface area contributed by atoms with E-state index in [1.165, 1.54) is 5.69 Å². The summed E-state index contributed by atoms with van der Waals surface area (Å²) in [7, 11) is 2.02. The fourth-order valence-electron chi connectivity index (χ4n) is 1.78. The highest BCUT2D eigenvalue weighted by Gasteiger charge is 2.01. The van der Waals surface area contributed by atoms with Crippen LogP contribution < -0.4 is 0 Å². The van der Waals surface area contributed by atoms with E-state index in [9.17, 15) is 4.79 Å². The van der Waals surface area contributed by atoms with Gasteiger partial charge in [0, 0.05) is 29.7 Å². The molecular formula is C13H13NO2. The van der Waals surface area contributed by atoms with Gasteiger partial charge in [-0.15, -0.1) is 0 Å². The molecule has 3 nitrogen and oxygen atoms in total. The van der Waals surface area contributed by atoms with Gasteiger partial charge in [0.15, 0.2) is 0 Å². The van der Waals surface area contributed by atoms with Crippen molar-refractivity contribution in [3.8, 4) is 0 Å². The van der Waals surface area contributed by atoms with Gasteiger partial charge in [0.2, 0.25) is 0 Å². The van der Waals surface area contributed by atoms with Crippen molar-refractivity contribution in [1.82, 2.24) is 4.57 Å². The summed E-state index contributed by atoms with van der Waals surface area (Å²) in [5.74, 6) is -0.927. The Kier molecular flexibility index (Phi) is 2.52. The summed E-state index contributed by atoms with van der Waals surface area (Å²) >= 11 is 0. The van der Waals surface area contributed by atoms with Gasteiger partial charge in [-0.05, 0) is 36.8 Å². The van der Waals surface area contributed by atoms with Crippen LogP contribution in [0.1, 0.15) is 11.3 Å². The van der Waals surface area contributed by atoms with Crippen LogP contribution in [0.2, 0.25) is 0 Å². The van der Waals surface area contributed by atoms with Crippen molar-refractivity contribution in [2.24, 2.45) is 7.05 Å². The maximum atomic E-state index is 10.4. The van der Waals surface area contributed by atoms with E-state index in [0.29, 0.717) is 0 Å². The first-order valence-corrected chi connectivity index (χ1v) is 5.05. The molecule has 1 N–H and O–H groups in total. The molecular weight excluding hydrogens is 202 g/mol. The van der Waals surface area contributed by atoms with E-state index in [2.05, 4.69) is 10.6 Å². The molecule has 1 heterocycles. The Labute approximate surface area is 93.6 Å². The minimum Gasteiger partial charge on any atom is -0.478 e. The summed E-state index contributed by atoms with van der Waals surface area (Å²) in [6.07, 6.45) is 2.75. The fraction of sp³-hybridized carbons (Fsp3) is 0.154. The van der Waals surface area contributed by atoms with Gasteiger partial charge in [-0.1, -0.05) is 6.07 Å². The SMILES string of the molecule is Cc1cc2cc(/C=C/C(=O)O)ccc2n1C. The Bertz CT molecular complexity index is 579. The second kappa shape index (κ2) is 3.85. The molecule has 0 amide bonds. The predicted molar refractivity (Wildman–Crippen MR) is 64.3 cm³/mol. The first kappa shape index (κ1) is 10.5. The van der Waals surface area contributed by atoms with E-state index in [0.717, 1.165) is 22.5 Å². The smallest absolute Gasteiger partial charge is 0.328 e. The maximum absolute atomic E-state index is 10.4. The lowest BCUT2D eigenvalue weighted by atomic mass is 10.1.